The van der Waals surface area contributed by atoms with E-state index in [4.69, 9.17) is 5.73 Å². The zero-order chi connectivity index (χ0) is 19.1. The highest BCUT2D eigenvalue weighted by Crippen LogP contribution is 2.38. The Morgan fingerprint density at radius 2 is 2.11 bits per heavy atom. The number of fused-ring (bicyclic) bond motifs is 2. The standard InChI is InChI=1S/C22H26N6/c1-15-18-3-2-8-24-22(18)19-6-4-16(11-20(19)26-15)13-27-9-10-28(14-27)17-5-7-21(23)25-12-17/h4-7,11-12,24,26H,1-3,8-10,13-14H2,(H2,23,25). The molecule has 1 saturated heterocycles. The Balaban J connectivity index is 1.31. The highest BCUT2D eigenvalue weighted by atomic mass is 15.4. The number of nitrogens with zero attached hydrogens (tertiary/aromatic N) is 3. The normalized spacial score (nSPS) is 19.1. The van der Waals surface area contributed by atoms with Crippen LogP contribution in [0.25, 0.3) is 5.70 Å². The number of pyridine rings is 1. The quantitative estimate of drug-likeness (QED) is 0.767. The van der Waals surface area contributed by atoms with Gasteiger partial charge in [-0.15, -0.1) is 0 Å². The molecule has 4 N–H and O–H groups in total. The van der Waals surface area contributed by atoms with E-state index in [1.54, 1.807) is 0 Å². The van der Waals surface area contributed by atoms with Crippen molar-refractivity contribution in [1.29, 1.82) is 0 Å². The molecular formula is C22H26N6. The van der Waals surface area contributed by atoms with Gasteiger partial charge in [0.2, 0.25) is 0 Å². The van der Waals surface area contributed by atoms with E-state index in [1.807, 2.05) is 18.3 Å². The van der Waals surface area contributed by atoms with Crippen molar-refractivity contribution < 1.29 is 0 Å². The van der Waals surface area contributed by atoms with Crippen molar-refractivity contribution in [2.45, 2.75) is 19.4 Å². The lowest BCUT2D eigenvalue weighted by atomic mass is 9.91. The summed E-state index contributed by atoms with van der Waals surface area (Å²) in [6, 6.07) is 10.7. The lowest BCUT2D eigenvalue weighted by Crippen LogP contribution is -2.27. The van der Waals surface area contributed by atoms with Crippen LogP contribution in [0.4, 0.5) is 17.2 Å². The highest BCUT2D eigenvalue weighted by molar-refractivity contribution is 5.85. The predicted octanol–water partition coefficient (Wildman–Crippen LogP) is 2.98. The molecule has 0 spiro atoms. The largest absolute Gasteiger partial charge is 0.384 e. The Hall–Kier alpha value is -2.99. The Bertz CT molecular complexity index is 946. The molecule has 0 amide bonds. The summed E-state index contributed by atoms with van der Waals surface area (Å²) in [5.41, 5.74) is 14.2. The summed E-state index contributed by atoms with van der Waals surface area (Å²) >= 11 is 0. The van der Waals surface area contributed by atoms with Crippen LogP contribution in [0.15, 0.2) is 54.4 Å². The molecule has 1 aromatic carbocycles. The molecule has 1 aromatic heterocycles. The molecule has 0 saturated carbocycles. The zero-order valence-corrected chi connectivity index (χ0v) is 16.0. The molecule has 3 aliphatic heterocycles. The maximum Gasteiger partial charge on any atom is 0.123 e. The number of hydrogen-bond acceptors (Lipinski definition) is 6. The van der Waals surface area contributed by atoms with E-state index in [0.717, 1.165) is 56.3 Å². The first kappa shape index (κ1) is 17.1. The van der Waals surface area contributed by atoms with Crippen LogP contribution in [-0.4, -0.2) is 36.2 Å². The smallest absolute Gasteiger partial charge is 0.123 e. The number of rotatable bonds is 3. The van der Waals surface area contributed by atoms with E-state index in [9.17, 15) is 0 Å². The molecular weight excluding hydrogens is 348 g/mol. The summed E-state index contributed by atoms with van der Waals surface area (Å²) in [5, 5.41) is 7.10. The van der Waals surface area contributed by atoms with E-state index < -0.39 is 0 Å². The van der Waals surface area contributed by atoms with E-state index in [1.165, 1.54) is 28.8 Å². The van der Waals surface area contributed by atoms with Gasteiger partial charge in [-0.05, 0) is 42.2 Å². The fraction of sp³-hybridized carbons (Fsp3) is 0.318. The van der Waals surface area contributed by atoms with Crippen LogP contribution < -0.4 is 21.3 Å². The van der Waals surface area contributed by atoms with E-state index in [0.29, 0.717) is 5.82 Å². The number of benzene rings is 1. The summed E-state index contributed by atoms with van der Waals surface area (Å²) in [4.78, 5) is 9.01. The SMILES string of the molecule is C=C1Nc2cc(CN3CCN(c4ccc(N)nc4)C3)ccc2C2=C1CCCN2. The molecule has 0 unspecified atom stereocenters. The lowest BCUT2D eigenvalue weighted by Gasteiger charge is -2.31. The van der Waals surface area contributed by atoms with Gasteiger partial charge in [-0.25, -0.2) is 4.98 Å². The number of nitrogens with one attached hydrogen (secondary N) is 2. The topological polar surface area (TPSA) is 69.5 Å². The van der Waals surface area contributed by atoms with E-state index in [2.05, 4.69) is 50.2 Å². The van der Waals surface area contributed by atoms with E-state index in [-0.39, 0.29) is 0 Å². The van der Waals surface area contributed by atoms with Crippen molar-refractivity contribution in [3.05, 3.63) is 65.5 Å². The third kappa shape index (κ3) is 3.10. The van der Waals surface area contributed by atoms with Crippen LogP contribution in [0.1, 0.15) is 24.0 Å². The van der Waals surface area contributed by atoms with E-state index >= 15 is 0 Å². The minimum atomic E-state index is 0.564. The van der Waals surface area contributed by atoms with Crippen molar-refractivity contribution in [3.8, 4) is 0 Å². The molecule has 6 nitrogen and oxygen atoms in total. The van der Waals surface area contributed by atoms with Crippen LogP contribution in [0, 0.1) is 0 Å². The average Bonchev–Trinajstić information content (AvgIpc) is 3.17. The van der Waals surface area contributed by atoms with Crippen molar-refractivity contribution in [2.75, 3.05) is 42.3 Å². The number of allylic oxidation sites excluding steroid dienone is 1. The van der Waals surface area contributed by atoms with Crippen molar-refractivity contribution in [3.63, 3.8) is 0 Å². The first-order valence-corrected chi connectivity index (χ1v) is 9.93. The predicted molar refractivity (Wildman–Crippen MR) is 115 cm³/mol. The number of nitrogens with two attached hydrogens (primary N) is 1. The average molecular weight is 374 g/mol. The highest BCUT2D eigenvalue weighted by Gasteiger charge is 2.25. The summed E-state index contributed by atoms with van der Waals surface area (Å²) < 4.78 is 0. The molecule has 1 fully saturated rings. The second-order valence-corrected chi connectivity index (χ2v) is 7.77. The molecule has 0 aliphatic carbocycles. The number of hydrogen-bond donors (Lipinski definition) is 3. The summed E-state index contributed by atoms with van der Waals surface area (Å²) in [6.45, 7) is 9.16. The fourth-order valence-electron chi connectivity index (χ4n) is 4.35. The van der Waals surface area contributed by atoms with Gasteiger partial charge in [0, 0.05) is 48.8 Å². The van der Waals surface area contributed by atoms with Crippen LogP contribution in [0.5, 0.6) is 0 Å². The Kier molecular flexibility index (Phi) is 4.20. The van der Waals surface area contributed by atoms with Gasteiger partial charge in [0.15, 0.2) is 0 Å². The first-order chi connectivity index (χ1) is 13.7. The molecule has 6 heteroatoms. The zero-order valence-electron chi connectivity index (χ0n) is 16.0. The maximum absolute atomic E-state index is 5.70. The molecule has 4 heterocycles. The van der Waals surface area contributed by atoms with Gasteiger partial charge in [-0.2, -0.15) is 0 Å². The second kappa shape index (κ2) is 6.87. The van der Waals surface area contributed by atoms with Gasteiger partial charge < -0.3 is 21.3 Å². The molecule has 3 aliphatic rings. The summed E-state index contributed by atoms with van der Waals surface area (Å²) in [5.74, 6) is 0.564. The Morgan fingerprint density at radius 1 is 1.18 bits per heavy atom. The first-order valence-electron chi connectivity index (χ1n) is 9.93. The summed E-state index contributed by atoms with van der Waals surface area (Å²) in [7, 11) is 0. The van der Waals surface area contributed by atoms with Crippen LogP contribution in [-0.2, 0) is 6.54 Å². The number of nitrogen functional groups attached to an aromatic ring is 1. The van der Waals surface area contributed by atoms with Crippen LogP contribution >= 0.6 is 0 Å². The number of anilines is 3. The molecule has 28 heavy (non-hydrogen) atoms. The van der Waals surface area contributed by atoms with Gasteiger partial charge >= 0.3 is 0 Å². The van der Waals surface area contributed by atoms with Gasteiger partial charge in [-0.1, -0.05) is 18.7 Å². The third-order valence-corrected chi connectivity index (χ3v) is 5.81. The Morgan fingerprint density at radius 3 is 2.96 bits per heavy atom. The van der Waals surface area contributed by atoms with Gasteiger partial charge in [0.05, 0.1) is 18.6 Å². The van der Waals surface area contributed by atoms with Gasteiger partial charge in [0.25, 0.3) is 0 Å². The maximum atomic E-state index is 5.70. The van der Waals surface area contributed by atoms with Crippen molar-refractivity contribution in [2.24, 2.45) is 0 Å². The minimum absolute atomic E-state index is 0.564. The monoisotopic (exact) mass is 374 g/mol. The molecule has 2 aromatic rings. The second-order valence-electron chi connectivity index (χ2n) is 7.77. The van der Waals surface area contributed by atoms with Crippen molar-refractivity contribution >= 4 is 22.9 Å². The Labute approximate surface area is 165 Å². The van der Waals surface area contributed by atoms with Gasteiger partial charge in [-0.3, -0.25) is 4.90 Å². The van der Waals surface area contributed by atoms with Crippen molar-refractivity contribution in [1.82, 2.24) is 15.2 Å². The third-order valence-electron chi connectivity index (χ3n) is 5.81. The molecule has 0 atom stereocenters. The lowest BCUT2D eigenvalue weighted by molar-refractivity contribution is 0.334. The fourth-order valence-corrected chi connectivity index (χ4v) is 4.35. The van der Waals surface area contributed by atoms with Crippen LogP contribution in [0.2, 0.25) is 0 Å². The molecule has 0 radical (unpaired) electrons. The minimum Gasteiger partial charge on any atom is -0.384 e. The molecule has 5 rings (SSSR count). The van der Waals surface area contributed by atoms with Gasteiger partial charge in [0.1, 0.15) is 5.82 Å². The number of aromatic nitrogens is 1. The molecule has 144 valence electrons. The summed E-state index contributed by atoms with van der Waals surface area (Å²) in [6.07, 6.45) is 4.12. The molecule has 0 bridgehead atoms. The van der Waals surface area contributed by atoms with Crippen LogP contribution in [0.3, 0.4) is 0 Å².